The molecule has 2 bridgehead atoms. The summed E-state index contributed by atoms with van der Waals surface area (Å²) in [7, 11) is 0. The Hall–Kier alpha value is -0.560. The van der Waals surface area contributed by atoms with Crippen molar-refractivity contribution in [1.82, 2.24) is 0 Å². The average molecular weight is 370 g/mol. The number of fused-ring (bicyclic) bond motifs is 4. The van der Waals surface area contributed by atoms with Gasteiger partial charge in [-0.05, 0) is 82.6 Å². The number of hydrogen-bond donors (Lipinski definition) is 0. The number of allylic oxidation sites excluding steroid dienone is 1. The van der Waals surface area contributed by atoms with Crippen LogP contribution in [0.1, 0.15) is 70.4 Å². The van der Waals surface area contributed by atoms with E-state index >= 15 is 0 Å². The second kappa shape index (κ2) is 7.69. The minimum absolute atomic E-state index is 0. The van der Waals surface area contributed by atoms with Crippen LogP contribution in [0.5, 0.6) is 0 Å². The number of aryl methyl sites for hydroxylation is 1. The van der Waals surface area contributed by atoms with Gasteiger partial charge in [0, 0.05) is 0 Å². The van der Waals surface area contributed by atoms with Crippen molar-refractivity contribution in [2.75, 3.05) is 0 Å². The van der Waals surface area contributed by atoms with Gasteiger partial charge in [-0.3, -0.25) is 0 Å². The topological polar surface area (TPSA) is 0 Å². The molecule has 0 nitrogen and oxygen atoms in total. The second-order valence-electron chi connectivity index (χ2n) is 9.63. The molecule has 2 aromatic rings. The standard InChI is InChI=1S/C26H34.Na/c1-6-19-11-12-20-9-8-10-23(24(20)15-19)18(3)26(5)17-25(4)14-13-22(26)16-21(25)7-2;/h7-12,15,18,21-22H,2,6,13-14,16-17H2,1,3-5H3;/q;+1/t18-,21+,22?,25-,26+;/m0./s1. The molecular weight excluding hydrogens is 335 g/mol. The maximum absolute atomic E-state index is 4.16. The summed E-state index contributed by atoms with van der Waals surface area (Å²) in [4.78, 5) is 0. The van der Waals surface area contributed by atoms with Gasteiger partial charge in [0.25, 0.3) is 0 Å². The van der Waals surface area contributed by atoms with Crippen molar-refractivity contribution >= 4 is 10.8 Å². The summed E-state index contributed by atoms with van der Waals surface area (Å²) in [5.74, 6) is 2.13. The molecule has 3 aliphatic carbocycles. The first kappa shape index (κ1) is 21.2. The molecule has 5 atom stereocenters. The summed E-state index contributed by atoms with van der Waals surface area (Å²) in [6, 6.07) is 14.0. The van der Waals surface area contributed by atoms with Crippen molar-refractivity contribution in [2.45, 2.75) is 65.7 Å². The molecule has 2 aromatic carbocycles. The molecule has 1 unspecified atom stereocenters. The number of hydrogen-bond acceptors (Lipinski definition) is 0. The Morgan fingerprint density at radius 1 is 1.22 bits per heavy atom. The Morgan fingerprint density at radius 2 is 2.00 bits per heavy atom. The Morgan fingerprint density at radius 3 is 2.67 bits per heavy atom. The van der Waals surface area contributed by atoms with Crippen LogP contribution < -0.4 is 29.6 Å². The van der Waals surface area contributed by atoms with Gasteiger partial charge in [-0.15, -0.1) is 6.58 Å². The van der Waals surface area contributed by atoms with Crippen LogP contribution in [0, 0.1) is 22.7 Å². The minimum Gasteiger partial charge on any atom is -0.103 e. The summed E-state index contributed by atoms with van der Waals surface area (Å²) in [5, 5.41) is 2.87. The monoisotopic (exact) mass is 369 g/mol. The molecule has 3 aliphatic rings. The van der Waals surface area contributed by atoms with E-state index in [-0.39, 0.29) is 29.6 Å². The molecule has 0 heterocycles. The predicted molar refractivity (Wildman–Crippen MR) is 114 cm³/mol. The maximum Gasteiger partial charge on any atom is 1.00 e. The smallest absolute Gasteiger partial charge is 0.103 e. The van der Waals surface area contributed by atoms with Crippen molar-refractivity contribution in [3.05, 3.63) is 60.2 Å². The summed E-state index contributed by atoms with van der Waals surface area (Å²) in [6.07, 6.45) is 8.82. The van der Waals surface area contributed by atoms with E-state index in [1.807, 2.05) is 0 Å². The first-order valence-corrected chi connectivity index (χ1v) is 10.6. The fraction of sp³-hybridized carbons (Fsp3) is 0.538. The van der Waals surface area contributed by atoms with E-state index in [9.17, 15) is 0 Å². The van der Waals surface area contributed by atoms with E-state index in [4.69, 9.17) is 0 Å². The Labute approximate surface area is 188 Å². The third-order valence-electron chi connectivity index (χ3n) is 8.34. The average Bonchev–Trinajstić information content (AvgIpc) is 2.66. The van der Waals surface area contributed by atoms with Gasteiger partial charge in [-0.25, -0.2) is 0 Å². The molecule has 0 amide bonds. The van der Waals surface area contributed by atoms with Crippen LogP contribution in [0.2, 0.25) is 0 Å². The summed E-state index contributed by atoms with van der Waals surface area (Å²) in [6.45, 7) is 14.0. The molecule has 0 spiro atoms. The predicted octanol–water partition coefficient (Wildman–Crippen LogP) is 4.53. The van der Waals surface area contributed by atoms with Crippen molar-refractivity contribution in [2.24, 2.45) is 22.7 Å². The van der Waals surface area contributed by atoms with Crippen LogP contribution in [0.25, 0.3) is 10.8 Å². The largest absolute Gasteiger partial charge is 1.00 e. The fourth-order valence-corrected chi connectivity index (χ4v) is 6.42. The normalized spacial score (nSPS) is 33.5. The van der Waals surface area contributed by atoms with Gasteiger partial charge in [0.2, 0.25) is 0 Å². The van der Waals surface area contributed by atoms with Gasteiger partial charge in [0.15, 0.2) is 0 Å². The van der Waals surface area contributed by atoms with Gasteiger partial charge < -0.3 is 0 Å². The first-order valence-electron chi connectivity index (χ1n) is 10.6. The zero-order chi connectivity index (χ0) is 18.5. The first-order chi connectivity index (χ1) is 12.4. The van der Waals surface area contributed by atoms with E-state index < -0.39 is 0 Å². The van der Waals surface area contributed by atoms with Crippen molar-refractivity contribution in [3.63, 3.8) is 0 Å². The summed E-state index contributed by atoms with van der Waals surface area (Å²) in [5.41, 5.74) is 3.85. The SMILES string of the molecule is C=C[C@@H]1CC2CC[C@@]1(C)C[C@]2(C)[C@@H](C)c1cccc2ccc(CC)cc12.[Na+]. The van der Waals surface area contributed by atoms with Gasteiger partial charge in [0.05, 0.1) is 0 Å². The molecule has 138 valence electrons. The maximum atomic E-state index is 4.16. The molecule has 0 aromatic heterocycles. The Balaban J connectivity index is 0.00000210. The van der Waals surface area contributed by atoms with Crippen LogP contribution >= 0.6 is 0 Å². The second-order valence-corrected chi connectivity index (χ2v) is 9.63. The molecule has 3 fully saturated rings. The fourth-order valence-electron chi connectivity index (χ4n) is 6.42. The van der Waals surface area contributed by atoms with Crippen molar-refractivity contribution in [3.8, 4) is 0 Å². The summed E-state index contributed by atoms with van der Waals surface area (Å²) >= 11 is 0. The van der Waals surface area contributed by atoms with Crippen LogP contribution in [0.4, 0.5) is 0 Å². The zero-order valence-corrected chi connectivity index (χ0v) is 20.0. The third kappa shape index (κ3) is 3.37. The van der Waals surface area contributed by atoms with Crippen molar-refractivity contribution in [1.29, 1.82) is 0 Å². The number of rotatable bonds is 4. The molecule has 5 rings (SSSR count). The van der Waals surface area contributed by atoms with E-state index in [0.29, 0.717) is 22.7 Å². The minimum atomic E-state index is 0. The van der Waals surface area contributed by atoms with Gasteiger partial charge >= 0.3 is 29.6 Å². The van der Waals surface area contributed by atoms with E-state index in [1.54, 1.807) is 5.56 Å². The molecule has 1 heteroatoms. The molecule has 0 saturated heterocycles. The van der Waals surface area contributed by atoms with Crippen molar-refractivity contribution < 1.29 is 29.6 Å². The van der Waals surface area contributed by atoms with Crippen LogP contribution in [-0.4, -0.2) is 0 Å². The van der Waals surface area contributed by atoms with Gasteiger partial charge in [0.1, 0.15) is 0 Å². The Bertz CT molecular complexity index is 837. The third-order valence-corrected chi connectivity index (χ3v) is 8.34. The van der Waals surface area contributed by atoms with Crippen LogP contribution in [0.15, 0.2) is 49.1 Å². The summed E-state index contributed by atoms with van der Waals surface area (Å²) < 4.78 is 0. The molecule has 0 N–H and O–H groups in total. The molecule has 3 saturated carbocycles. The number of benzene rings is 2. The molecule has 0 aliphatic heterocycles. The zero-order valence-electron chi connectivity index (χ0n) is 18.0. The Kier molecular flexibility index (Phi) is 6.03. The van der Waals surface area contributed by atoms with Crippen LogP contribution in [-0.2, 0) is 6.42 Å². The van der Waals surface area contributed by atoms with Gasteiger partial charge in [-0.2, -0.15) is 0 Å². The van der Waals surface area contributed by atoms with E-state index in [2.05, 4.69) is 76.7 Å². The molecular formula is C26H34Na+. The van der Waals surface area contributed by atoms with E-state index in [0.717, 1.165) is 12.3 Å². The molecule has 27 heavy (non-hydrogen) atoms. The van der Waals surface area contributed by atoms with Crippen LogP contribution in [0.3, 0.4) is 0 Å². The van der Waals surface area contributed by atoms with E-state index in [1.165, 1.54) is 42.0 Å². The molecule has 0 radical (unpaired) electrons. The van der Waals surface area contributed by atoms with Gasteiger partial charge in [-0.1, -0.05) is 70.2 Å². The quantitative estimate of drug-likeness (QED) is 0.549.